The van der Waals surface area contributed by atoms with E-state index in [9.17, 15) is 25.3 Å². The fraction of sp³-hybridized carbons (Fsp3) is 0.625. The number of piperazine rings is 1. The van der Waals surface area contributed by atoms with Crippen LogP contribution in [0.15, 0.2) is 29.2 Å². The van der Waals surface area contributed by atoms with Gasteiger partial charge in [-0.1, -0.05) is 6.92 Å². The molecule has 0 spiro atoms. The summed E-state index contributed by atoms with van der Waals surface area (Å²) in [6, 6.07) is 5.74. The minimum atomic E-state index is -3.74. The first-order valence-electron chi connectivity index (χ1n) is 8.93. The van der Waals surface area contributed by atoms with Gasteiger partial charge in [0.05, 0.1) is 16.4 Å². The van der Waals surface area contributed by atoms with E-state index in [2.05, 4.69) is 0 Å². The molecule has 1 fully saturated rings. The molecule has 0 N–H and O–H groups in total. The summed E-state index contributed by atoms with van der Waals surface area (Å²) < 4.78 is 80.1. The SMILES string of the molecule is CCS(=O)(=O)CCOc1ccc(S(=O)(=O)N2CCN(S(=O)(=O)CC)CC2)cc1. The quantitative estimate of drug-likeness (QED) is 0.521. The monoisotopic (exact) mass is 454 g/mol. The van der Waals surface area contributed by atoms with Gasteiger partial charge < -0.3 is 4.74 Å². The number of sulfone groups is 1. The first-order chi connectivity index (χ1) is 13.0. The molecular weight excluding hydrogens is 428 g/mol. The maximum atomic E-state index is 12.7. The number of benzene rings is 1. The summed E-state index contributed by atoms with van der Waals surface area (Å²) >= 11 is 0. The molecule has 1 aromatic carbocycles. The minimum Gasteiger partial charge on any atom is -0.493 e. The molecule has 1 heterocycles. The highest BCUT2D eigenvalue weighted by atomic mass is 32.2. The van der Waals surface area contributed by atoms with E-state index in [-0.39, 0.29) is 54.9 Å². The van der Waals surface area contributed by atoms with Gasteiger partial charge in [-0.05, 0) is 31.2 Å². The summed E-state index contributed by atoms with van der Waals surface area (Å²) in [4.78, 5) is 0.0767. The Morgan fingerprint density at radius 3 is 1.86 bits per heavy atom. The lowest BCUT2D eigenvalue weighted by Gasteiger charge is -2.33. The number of nitrogens with zero attached hydrogens (tertiary/aromatic N) is 2. The molecule has 1 saturated heterocycles. The van der Waals surface area contributed by atoms with Crippen molar-refractivity contribution in [2.24, 2.45) is 0 Å². The van der Waals surface area contributed by atoms with E-state index in [0.29, 0.717) is 5.75 Å². The van der Waals surface area contributed by atoms with Crippen LogP contribution in [0.25, 0.3) is 0 Å². The average molecular weight is 455 g/mol. The van der Waals surface area contributed by atoms with Crippen molar-refractivity contribution in [2.45, 2.75) is 18.7 Å². The van der Waals surface area contributed by atoms with Crippen molar-refractivity contribution in [1.29, 1.82) is 0 Å². The Labute approximate surface area is 167 Å². The van der Waals surface area contributed by atoms with Gasteiger partial charge in [-0.25, -0.2) is 25.3 Å². The largest absolute Gasteiger partial charge is 0.493 e. The van der Waals surface area contributed by atoms with Crippen molar-refractivity contribution in [3.05, 3.63) is 24.3 Å². The predicted octanol–water partition coefficient (Wildman–Crippen LogP) is 0.156. The van der Waals surface area contributed by atoms with E-state index < -0.39 is 29.9 Å². The van der Waals surface area contributed by atoms with E-state index in [1.54, 1.807) is 13.8 Å². The molecular formula is C16H26N2O7S3. The Hall–Kier alpha value is -1.21. The summed E-state index contributed by atoms with van der Waals surface area (Å²) in [5.74, 6) is 0.305. The molecule has 28 heavy (non-hydrogen) atoms. The highest BCUT2D eigenvalue weighted by Gasteiger charge is 2.32. The molecule has 12 heteroatoms. The number of hydrogen-bond donors (Lipinski definition) is 0. The Morgan fingerprint density at radius 2 is 1.36 bits per heavy atom. The van der Waals surface area contributed by atoms with Gasteiger partial charge in [0.25, 0.3) is 0 Å². The van der Waals surface area contributed by atoms with Gasteiger partial charge in [0.15, 0.2) is 9.84 Å². The van der Waals surface area contributed by atoms with Crippen LogP contribution >= 0.6 is 0 Å². The van der Waals surface area contributed by atoms with Crippen LogP contribution in [0.3, 0.4) is 0 Å². The zero-order chi connectivity index (χ0) is 21.0. The molecule has 1 aliphatic rings. The molecule has 1 aromatic rings. The topological polar surface area (TPSA) is 118 Å². The zero-order valence-corrected chi connectivity index (χ0v) is 18.4. The Balaban J connectivity index is 1.99. The molecule has 1 aliphatic heterocycles. The van der Waals surface area contributed by atoms with Crippen LogP contribution in [-0.2, 0) is 29.9 Å². The van der Waals surface area contributed by atoms with E-state index in [1.807, 2.05) is 0 Å². The third-order valence-corrected chi connectivity index (χ3v) is 9.98. The Bertz CT molecular complexity index is 964. The van der Waals surface area contributed by atoms with E-state index in [1.165, 1.54) is 32.9 Å². The second-order valence-electron chi connectivity index (χ2n) is 6.26. The molecule has 0 amide bonds. The van der Waals surface area contributed by atoms with Gasteiger partial charge >= 0.3 is 0 Å². The highest BCUT2D eigenvalue weighted by Crippen LogP contribution is 2.21. The lowest BCUT2D eigenvalue weighted by Crippen LogP contribution is -2.50. The Kier molecular flexibility index (Phi) is 7.48. The fourth-order valence-electron chi connectivity index (χ4n) is 2.66. The van der Waals surface area contributed by atoms with E-state index >= 15 is 0 Å². The number of sulfonamides is 2. The van der Waals surface area contributed by atoms with Crippen molar-refractivity contribution in [2.75, 3.05) is 50.0 Å². The molecule has 0 aliphatic carbocycles. The summed E-state index contributed by atoms with van der Waals surface area (Å²) in [5.41, 5.74) is 0. The first-order valence-corrected chi connectivity index (χ1v) is 13.8. The maximum Gasteiger partial charge on any atom is 0.243 e. The molecule has 0 aromatic heterocycles. The summed E-state index contributed by atoms with van der Waals surface area (Å²) in [7, 11) is -10.2. The number of ether oxygens (including phenoxy) is 1. The van der Waals surface area contributed by atoms with Gasteiger partial charge in [-0.15, -0.1) is 0 Å². The van der Waals surface area contributed by atoms with Crippen molar-refractivity contribution in [3.63, 3.8) is 0 Å². The number of rotatable bonds is 9. The molecule has 160 valence electrons. The lowest BCUT2D eigenvalue weighted by molar-refractivity contribution is 0.273. The number of hydrogen-bond acceptors (Lipinski definition) is 7. The van der Waals surface area contributed by atoms with E-state index in [0.717, 1.165) is 0 Å². The average Bonchev–Trinajstić information content (AvgIpc) is 2.68. The van der Waals surface area contributed by atoms with Crippen LogP contribution in [0.5, 0.6) is 5.75 Å². The minimum absolute atomic E-state index is 0.00384. The van der Waals surface area contributed by atoms with Crippen molar-refractivity contribution in [1.82, 2.24) is 8.61 Å². The smallest absolute Gasteiger partial charge is 0.243 e. The molecule has 0 saturated carbocycles. The second-order valence-corrected chi connectivity index (χ2v) is 12.9. The molecule has 0 radical (unpaired) electrons. The molecule has 2 rings (SSSR count). The Morgan fingerprint density at radius 1 is 0.821 bits per heavy atom. The predicted molar refractivity (Wildman–Crippen MR) is 106 cm³/mol. The molecule has 0 atom stereocenters. The van der Waals surface area contributed by atoms with Gasteiger partial charge in [0, 0.05) is 31.9 Å². The standard InChI is InChI=1S/C16H26N2O7S3/c1-3-26(19,20)14-13-25-15-5-7-16(8-6-15)28(23,24)18-11-9-17(10-12-18)27(21,22)4-2/h5-8H,3-4,9-14H2,1-2H3. The normalized spacial score (nSPS) is 17.5. The van der Waals surface area contributed by atoms with Crippen LogP contribution in [-0.4, -0.2) is 83.9 Å². The lowest BCUT2D eigenvalue weighted by atomic mass is 10.3. The van der Waals surface area contributed by atoms with Gasteiger partial charge in [0.1, 0.15) is 12.4 Å². The van der Waals surface area contributed by atoms with Crippen LogP contribution in [0.4, 0.5) is 0 Å². The third kappa shape index (κ3) is 5.66. The first kappa shape index (κ1) is 23.1. The van der Waals surface area contributed by atoms with Crippen LogP contribution < -0.4 is 4.74 Å². The second kappa shape index (κ2) is 9.08. The van der Waals surface area contributed by atoms with Crippen molar-refractivity contribution >= 4 is 29.9 Å². The van der Waals surface area contributed by atoms with Gasteiger partial charge in [0.2, 0.25) is 20.0 Å². The van der Waals surface area contributed by atoms with Crippen LogP contribution in [0, 0.1) is 0 Å². The van der Waals surface area contributed by atoms with Gasteiger partial charge in [-0.3, -0.25) is 0 Å². The van der Waals surface area contributed by atoms with E-state index in [4.69, 9.17) is 4.74 Å². The van der Waals surface area contributed by atoms with Crippen LogP contribution in [0.2, 0.25) is 0 Å². The summed E-state index contributed by atoms with van der Waals surface area (Å²) in [5, 5.41) is 0. The third-order valence-electron chi connectivity index (χ3n) is 4.52. The molecule has 0 bridgehead atoms. The van der Waals surface area contributed by atoms with Gasteiger partial charge in [-0.2, -0.15) is 8.61 Å². The van der Waals surface area contributed by atoms with Crippen molar-refractivity contribution < 1.29 is 30.0 Å². The highest BCUT2D eigenvalue weighted by molar-refractivity contribution is 7.91. The maximum absolute atomic E-state index is 12.7. The molecule has 9 nitrogen and oxygen atoms in total. The summed E-state index contributed by atoms with van der Waals surface area (Å²) in [6.45, 7) is 3.55. The molecule has 0 unspecified atom stereocenters. The summed E-state index contributed by atoms with van der Waals surface area (Å²) in [6.07, 6.45) is 0. The van der Waals surface area contributed by atoms with Crippen LogP contribution in [0.1, 0.15) is 13.8 Å². The zero-order valence-electron chi connectivity index (χ0n) is 15.9. The van der Waals surface area contributed by atoms with Crippen molar-refractivity contribution in [3.8, 4) is 5.75 Å². The fourth-order valence-corrected chi connectivity index (χ4v) is 5.79.